The molecule has 0 bridgehead atoms. The molecule has 0 atom stereocenters. The lowest BCUT2D eigenvalue weighted by Crippen LogP contribution is -2.19. The minimum Gasteiger partial charge on any atom is -0.379 e. The van der Waals surface area contributed by atoms with Gasteiger partial charge in [0.25, 0.3) is 0 Å². The Morgan fingerprint density at radius 1 is 0.480 bits per heavy atom. The topological polar surface area (TPSA) is 21.7 Å². The minimum atomic E-state index is 0.729. The van der Waals surface area contributed by atoms with Crippen molar-refractivity contribution in [3.8, 4) is 0 Å². The lowest BCUT2D eigenvalue weighted by molar-refractivity contribution is 0.0414. The van der Waals surface area contributed by atoms with Crippen molar-refractivity contribution in [3.05, 3.63) is 0 Å². The van der Waals surface area contributed by atoms with Gasteiger partial charge < -0.3 is 14.4 Å². The van der Waals surface area contributed by atoms with Crippen molar-refractivity contribution in [2.75, 3.05) is 47.1 Å². The molecule has 0 aromatic carbocycles. The fourth-order valence-corrected chi connectivity index (χ4v) is 2.97. The fourth-order valence-electron chi connectivity index (χ4n) is 2.97. The van der Waals surface area contributed by atoms with Crippen LogP contribution in [0.2, 0.25) is 0 Å². The molecule has 152 valence electrons. The zero-order chi connectivity index (χ0) is 18.4. The van der Waals surface area contributed by atoms with Crippen LogP contribution in [0.15, 0.2) is 0 Å². The molecule has 0 heterocycles. The molecule has 0 fully saturated rings. The van der Waals surface area contributed by atoms with E-state index in [1.807, 2.05) is 0 Å². The van der Waals surface area contributed by atoms with E-state index in [2.05, 4.69) is 25.9 Å². The average Bonchev–Trinajstić information content (AvgIpc) is 2.60. The molecule has 0 unspecified atom stereocenters. The molecule has 0 saturated carbocycles. The number of rotatable bonds is 21. The second-order valence-corrected chi connectivity index (χ2v) is 7.62. The standard InChI is InChI=1S/C22H47NO2/c1-4-5-6-7-8-9-10-11-12-13-14-15-16-17-19-24-21-22-25-20-18-23(2)3/h4-22H2,1-3H3. The van der Waals surface area contributed by atoms with Gasteiger partial charge in [-0.1, -0.05) is 90.4 Å². The van der Waals surface area contributed by atoms with Gasteiger partial charge in [-0.2, -0.15) is 0 Å². The zero-order valence-corrected chi connectivity index (χ0v) is 17.7. The van der Waals surface area contributed by atoms with Gasteiger partial charge in [0.05, 0.1) is 19.8 Å². The number of ether oxygens (including phenoxy) is 2. The Morgan fingerprint density at radius 3 is 1.32 bits per heavy atom. The molecule has 3 nitrogen and oxygen atoms in total. The number of unbranched alkanes of at least 4 members (excludes halogenated alkanes) is 13. The van der Waals surface area contributed by atoms with Gasteiger partial charge in [-0.3, -0.25) is 0 Å². The van der Waals surface area contributed by atoms with Gasteiger partial charge in [-0.05, 0) is 20.5 Å². The monoisotopic (exact) mass is 357 g/mol. The van der Waals surface area contributed by atoms with Crippen LogP contribution in [0.4, 0.5) is 0 Å². The second kappa shape index (κ2) is 21.9. The van der Waals surface area contributed by atoms with Crippen LogP contribution in [0.25, 0.3) is 0 Å². The summed E-state index contributed by atoms with van der Waals surface area (Å²) in [5.41, 5.74) is 0. The number of hydrogen-bond donors (Lipinski definition) is 0. The molecule has 3 heteroatoms. The van der Waals surface area contributed by atoms with E-state index in [0.29, 0.717) is 0 Å². The Morgan fingerprint density at radius 2 is 0.880 bits per heavy atom. The maximum atomic E-state index is 5.61. The molecule has 0 aromatic rings. The van der Waals surface area contributed by atoms with Crippen LogP contribution < -0.4 is 0 Å². The van der Waals surface area contributed by atoms with Crippen LogP contribution >= 0.6 is 0 Å². The third-order valence-corrected chi connectivity index (χ3v) is 4.70. The molecular weight excluding hydrogens is 310 g/mol. The third kappa shape index (κ3) is 23.9. The summed E-state index contributed by atoms with van der Waals surface area (Å²) in [5, 5.41) is 0. The molecule has 0 aliphatic heterocycles. The summed E-state index contributed by atoms with van der Waals surface area (Å²) in [6.45, 7) is 6.44. The lowest BCUT2D eigenvalue weighted by Gasteiger charge is -2.10. The maximum absolute atomic E-state index is 5.61. The predicted molar refractivity (Wildman–Crippen MR) is 111 cm³/mol. The van der Waals surface area contributed by atoms with Crippen molar-refractivity contribution in [1.82, 2.24) is 4.90 Å². The molecule has 0 aromatic heterocycles. The van der Waals surface area contributed by atoms with Crippen molar-refractivity contribution in [3.63, 3.8) is 0 Å². The lowest BCUT2D eigenvalue weighted by atomic mass is 10.0. The molecule has 0 rings (SSSR count). The highest BCUT2D eigenvalue weighted by Gasteiger charge is 1.95. The molecule has 0 spiro atoms. The van der Waals surface area contributed by atoms with Gasteiger partial charge in [0.15, 0.2) is 0 Å². The van der Waals surface area contributed by atoms with Crippen LogP contribution in [-0.4, -0.2) is 52.0 Å². The van der Waals surface area contributed by atoms with E-state index in [1.165, 1.54) is 89.9 Å². The molecule has 0 saturated heterocycles. The van der Waals surface area contributed by atoms with Crippen molar-refractivity contribution >= 4 is 0 Å². The third-order valence-electron chi connectivity index (χ3n) is 4.70. The van der Waals surface area contributed by atoms with E-state index in [9.17, 15) is 0 Å². The van der Waals surface area contributed by atoms with Crippen LogP contribution in [0.1, 0.15) is 96.8 Å². The van der Waals surface area contributed by atoms with E-state index in [1.54, 1.807) is 0 Å². The Bertz CT molecular complexity index is 234. The van der Waals surface area contributed by atoms with E-state index >= 15 is 0 Å². The first-order chi connectivity index (χ1) is 12.3. The Hall–Kier alpha value is -0.120. The summed E-state index contributed by atoms with van der Waals surface area (Å²) in [6.07, 6.45) is 19.7. The Kier molecular flexibility index (Phi) is 21.8. The molecule has 25 heavy (non-hydrogen) atoms. The van der Waals surface area contributed by atoms with E-state index in [-0.39, 0.29) is 0 Å². The number of likely N-dealkylation sites (N-methyl/N-ethyl adjacent to an activating group) is 1. The van der Waals surface area contributed by atoms with E-state index < -0.39 is 0 Å². The van der Waals surface area contributed by atoms with Crippen molar-refractivity contribution in [2.24, 2.45) is 0 Å². The fraction of sp³-hybridized carbons (Fsp3) is 1.00. The summed E-state index contributed by atoms with van der Waals surface area (Å²) in [7, 11) is 4.13. The van der Waals surface area contributed by atoms with E-state index in [0.717, 1.165) is 33.0 Å². The van der Waals surface area contributed by atoms with E-state index in [4.69, 9.17) is 9.47 Å². The van der Waals surface area contributed by atoms with Crippen molar-refractivity contribution < 1.29 is 9.47 Å². The summed E-state index contributed by atoms with van der Waals surface area (Å²) < 4.78 is 11.1. The molecule has 0 aliphatic carbocycles. The largest absolute Gasteiger partial charge is 0.379 e. The minimum absolute atomic E-state index is 0.729. The van der Waals surface area contributed by atoms with Gasteiger partial charge in [0.2, 0.25) is 0 Å². The highest BCUT2D eigenvalue weighted by molar-refractivity contribution is 4.49. The maximum Gasteiger partial charge on any atom is 0.0701 e. The Labute approximate surface area is 158 Å². The van der Waals surface area contributed by atoms with Crippen LogP contribution in [-0.2, 0) is 9.47 Å². The average molecular weight is 358 g/mol. The van der Waals surface area contributed by atoms with Gasteiger partial charge >= 0.3 is 0 Å². The van der Waals surface area contributed by atoms with Gasteiger partial charge in [0, 0.05) is 13.2 Å². The van der Waals surface area contributed by atoms with Gasteiger partial charge in [0.1, 0.15) is 0 Å². The van der Waals surface area contributed by atoms with Gasteiger partial charge in [-0.25, -0.2) is 0 Å². The van der Waals surface area contributed by atoms with Crippen molar-refractivity contribution in [2.45, 2.75) is 96.8 Å². The molecule has 0 amide bonds. The molecular formula is C22H47NO2. The highest BCUT2D eigenvalue weighted by atomic mass is 16.5. The smallest absolute Gasteiger partial charge is 0.0701 e. The van der Waals surface area contributed by atoms with Gasteiger partial charge in [-0.15, -0.1) is 0 Å². The number of hydrogen-bond acceptors (Lipinski definition) is 3. The SMILES string of the molecule is CCCCCCCCCCCCCCCCOCCOCCN(C)C. The van der Waals surface area contributed by atoms with Crippen LogP contribution in [0.5, 0.6) is 0 Å². The Balaban J connectivity index is 2.96. The molecule has 0 radical (unpaired) electrons. The first-order valence-electron chi connectivity index (χ1n) is 11.1. The summed E-state index contributed by atoms with van der Waals surface area (Å²) in [5.74, 6) is 0. The molecule has 0 N–H and O–H groups in total. The first-order valence-corrected chi connectivity index (χ1v) is 11.1. The quantitative estimate of drug-likeness (QED) is 0.233. The summed E-state index contributed by atoms with van der Waals surface area (Å²) in [6, 6.07) is 0. The van der Waals surface area contributed by atoms with Crippen molar-refractivity contribution in [1.29, 1.82) is 0 Å². The zero-order valence-electron chi connectivity index (χ0n) is 17.7. The van der Waals surface area contributed by atoms with Crippen LogP contribution in [0, 0.1) is 0 Å². The predicted octanol–water partition coefficient (Wildman–Crippen LogP) is 6.06. The summed E-state index contributed by atoms with van der Waals surface area (Å²) in [4.78, 5) is 2.13. The molecule has 0 aliphatic rings. The first kappa shape index (κ1) is 24.9. The normalized spacial score (nSPS) is 11.5. The van der Waals surface area contributed by atoms with Crippen LogP contribution in [0.3, 0.4) is 0 Å². The number of nitrogens with zero attached hydrogens (tertiary/aromatic N) is 1. The summed E-state index contributed by atoms with van der Waals surface area (Å²) >= 11 is 0. The highest BCUT2D eigenvalue weighted by Crippen LogP contribution is 2.12. The second-order valence-electron chi connectivity index (χ2n) is 7.62.